The van der Waals surface area contributed by atoms with Gasteiger partial charge in [0.1, 0.15) is 17.6 Å². The summed E-state index contributed by atoms with van der Waals surface area (Å²) in [6.45, 7) is 5.27. The number of H-pyrrole nitrogens is 1. The fourth-order valence-electron chi connectivity index (χ4n) is 2.27. The minimum Gasteiger partial charge on any atom is -0.455 e. The number of ether oxygens (including phenoxy) is 1. The number of hydrogen-bond acceptors (Lipinski definition) is 8. The summed E-state index contributed by atoms with van der Waals surface area (Å²) >= 11 is 2.68. The molecular weight excluding hydrogens is 352 g/mol. The number of hydrogen-bond donors (Lipinski definition) is 1. The molecule has 10 heteroatoms. The van der Waals surface area contributed by atoms with Crippen molar-refractivity contribution in [1.29, 1.82) is 0 Å². The molecule has 0 radical (unpaired) electrons. The average molecular weight is 368 g/mol. The molecule has 0 unspecified atom stereocenters. The molecule has 0 bridgehead atoms. The van der Waals surface area contributed by atoms with Gasteiger partial charge in [0, 0.05) is 11.5 Å². The molecule has 1 amide bonds. The molecule has 1 aromatic rings. The van der Waals surface area contributed by atoms with Crippen molar-refractivity contribution in [3.8, 4) is 0 Å². The Morgan fingerprint density at radius 1 is 1.50 bits per heavy atom. The number of amides is 1. The summed E-state index contributed by atoms with van der Waals surface area (Å²) in [6, 6.07) is 0. The van der Waals surface area contributed by atoms with Crippen LogP contribution in [0.1, 0.15) is 20.8 Å². The van der Waals surface area contributed by atoms with Crippen molar-refractivity contribution >= 4 is 41.2 Å². The van der Waals surface area contributed by atoms with Crippen molar-refractivity contribution in [3.63, 3.8) is 0 Å². The van der Waals surface area contributed by atoms with E-state index >= 15 is 0 Å². The Kier molecular flexibility index (Phi) is 4.43. The Morgan fingerprint density at radius 3 is 2.88 bits per heavy atom. The van der Waals surface area contributed by atoms with Gasteiger partial charge in [-0.2, -0.15) is 0 Å². The Morgan fingerprint density at radius 2 is 2.25 bits per heavy atom. The van der Waals surface area contributed by atoms with Crippen LogP contribution in [-0.2, 0) is 19.1 Å². The maximum Gasteiger partial charge on any atom is 0.355 e. The average Bonchev–Trinajstić information content (AvgIpc) is 3.02. The third-order valence-corrected chi connectivity index (χ3v) is 5.44. The largest absolute Gasteiger partial charge is 0.455 e. The molecule has 1 aromatic heterocycles. The van der Waals surface area contributed by atoms with E-state index in [0.717, 1.165) is 5.57 Å². The van der Waals surface area contributed by atoms with Gasteiger partial charge in [0.15, 0.2) is 5.37 Å². The van der Waals surface area contributed by atoms with Crippen LogP contribution in [-0.4, -0.2) is 60.2 Å². The highest BCUT2D eigenvalue weighted by atomic mass is 32.2. The molecule has 1 fully saturated rings. The number of carbonyl (C=O) groups is 3. The van der Waals surface area contributed by atoms with Crippen LogP contribution in [0.15, 0.2) is 22.8 Å². The monoisotopic (exact) mass is 368 g/mol. The number of Topliss-reactive ketones (excluding diaryl/α,β-unsaturated/α-hetero) is 1. The zero-order chi connectivity index (χ0) is 17.5. The maximum atomic E-state index is 12.6. The standard InChI is InChI=1S/C14H16N4O4S2/c1-14(2,3)22-12(21)8-7(5-24-13-15-6-16-17-13)4-23-11-9(19)10(20)18(8)11/h6,11H,4-5H2,1-3H3,(H,15,16,17)/t11-/m1/s1. The summed E-state index contributed by atoms with van der Waals surface area (Å²) in [5, 5.41) is 6.50. The SMILES string of the molecule is CC(C)(C)OC(=O)C1=C(CSc2nc[nH]n2)CS[C@@H]2C(=O)C(=O)N12. The molecule has 1 atom stereocenters. The summed E-state index contributed by atoms with van der Waals surface area (Å²) in [4.78, 5) is 41.5. The zero-order valence-electron chi connectivity index (χ0n) is 13.4. The van der Waals surface area contributed by atoms with Crippen molar-refractivity contribution in [2.45, 2.75) is 36.9 Å². The van der Waals surface area contributed by atoms with Crippen LogP contribution in [0.25, 0.3) is 0 Å². The van der Waals surface area contributed by atoms with Crippen molar-refractivity contribution in [1.82, 2.24) is 20.1 Å². The Labute approximate surface area is 146 Å². The van der Waals surface area contributed by atoms with Crippen molar-refractivity contribution in [2.75, 3.05) is 11.5 Å². The molecule has 0 spiro atoms. The molecule has 8 nitrogen and oxygen atoms in total. The van der Waals surface area contributed by atoms with Crippen LogP contribution < -0.4 is 0 Å². The lowest BCUT2D eigenvalue weighted by atomic mass is 10.1. The Hall–Kier alpha value is -1.81. The van der Waals surface area contributed by atoms with Gasteiger partial charge < -0.3 is 4.74 Å². The minimum absolute atomic E-state index is 0.182. The second kappa shape index (κ2) is 6.25. The molecule has 2 aliphatic heterocycles. The molecule has 24 heavy (non-hydrogen) atoms. The van der Waals surface area contributed by atoms with Crippen molar-refractivity contribution in [2.24, 2.45) is 0 Å². The molecule has 3 heterocycles. The first kappa shape index (κ1) is 17.0. The summed E-state index contributed by atoms with van der Waals surface area (Å²) in [5.41, 5.74) is 0.229. The highest BCUT2D eigenvalue weighted by Crippen LogP contribution is 2.40. The van der Waals surface area contributed by atoms with E-state index in [9.17, 15) is 14.4 Å². The van der Waals surface area contributed by atoms with E-state index in [-0.39, 0.29) is 5.70 Å². The van der Waals surface area contributed by atoms with Crippen LogP contribution in [0.3, 0.4) is 0 Å². The lowest BCUT2D eigenvalue weighted by molar-refractivity contribution is -0.161. The smallest absolute Gasteiger partial charge is 0.355 e. The van der Waals surface area contributed by atoms with Crippen LogP contribution in [0.5, 0.6) is 0 Å². The summed E-state index contributed by atoms with van der Waals surface area (Å²) in [5.74, 6) is -0.800. The van der Waals surface area contributed by atoms with Crippen LogP contribution in [0.2, 0.25) is 0 Å². The topological polar surface area (TPSA) is 105 Å². The van der Waals surface area contributed by atoms with Gasteiger partial charge in [-0.3, -0.25) is 19.6 Å². The highest BCUT2D eigenvalue weighted by molar-refractivity contribution is 8.01. The molecule has 0 aromatic carbocycles. The van der Waals surface area contributed by atoms with Crippen LogP contribution in [0.4, 0.5) is 0 Å². The molecule has 1 N–H and O–H groups in total. The molecule has 128 valence electrons. The molecular formula is C14H16N4O4S2. The van der Waals surface area contributed by atoms with E-state index in [4.69, 9.17) is 4.74 Å². The van der Waals surface area contributed by atoms with Gasteiger partial charge in [0.05, 0.1) is 0 Å². The molecule has 0 saturated carbocycles. The lowest BCUT2D eigenvalue weighted by Crippen LogP contribution is -2.62. The minimum atomic E-state index is -0.690. The molecule has 1 saturated heterocycles. The van der Waals surface area contributed by atoms with Gasteiger partial charge in [0.25, 0.3) is 11.7 Å². The van der Waals surface area contributed by atoms with Crippen molar-refractivity contribution in [3.05, 3.63) is 17.6 Å². The molecule has 2 aliphatic rings. The maximum absolute atomic E-state index is 12.6. The van der Waals surface area contributed by atoms with E-state index in [1.807, 2.05) is 0 Å². The first-order valence-corrected chi connectivity index (χ1v) is 9.24. The molecule has 0 aliphatic carbocycles. The summed E-state index contributed by atoms with van der Waals surface area (Å²) < 4.78 is 5.42. The van der Waals surface area contributed by atoms with E-state index in [0.29, 0.717) is 16.7 Å². The van der Waals surface area contributed by atoms with Gasteiger partial charge in [-0.1, -0.05) is 11.8 Å². The van der Waals surface area contributed by atoms with Gasteiger partial charge in [-0.05, 0) is 26.3 Å². The number of rotatable bonds is 4. The lowest BCUT2D eigenvalue weighted by Gasteiger charge is -2.43. The summed E-state index contributed by atoms with van der Waals surface area (Å²) in [6.07, 6.45) is 1.47. The van der Waals surface area contributed by atoms with Gasteiger partial charge in [-0.15, -0.1) is 16.9 Å². The van der Waals surface area contributed by atoms with Gasteiger partial charge in [0.2, 0.25) is 5.16 Å². The van der Waals surface area contributed by atoms with Crippen LogP contribution >= 0.6 is 23.5 Å². The third-order valence-electron chi connectivity index (χ3n) is 3.24. The number of nitrogens with one attached hydrogen (secondary N) is 1. The number of esters is 1. The van der Waals surface area contributed by atoms with Crippen LogP contribution in [0, 0.1) is 0 Å². The van der Waals surface area contributed by atoms with E-state index in [1.54, 1.807) is 20.8 Å². The Balaban J connectivity index is 1.87. The van der Waals surface area contributed by atoms with E-state index < -0.39 is 28.6 Å². The Bertz CT molecular complexity index is 724. The predicted octanol–water partition coefficient (Wildman–Crippen LogP) is 0.977. The van der Waals surface area contributed by atoms with Gasteiger partial charge in [-0.25, -0.2) is 9.78 Å². The zero-order valence-corrected chi connectivity index (χ0v) is 15.0. The second-order valence-electron chi connectivity index (χ2n) is 6.23. The quantitative estimate of drug-likeness (QED) is 0.363. The van der Waals surface area contributed by atoms with E-state index in [1.165, 1.54) is 34.8 Å². The van der Waals surface area contributed by atoms with Gasteiger partial charge >= 0.3 is 5.97 Å². The number of β-lactam (4-membered cyclic amide) rings is 1. The third kappa shape index (κ3) is 3.20. The van der Waals surface area contributed by atoms with E-state index in [2.05, 4.69) is 15.2 Å². The number of nitrogens with zero attached hydrogens (tertiary/aromatic N) is 3. The molecule has 3 rings (SSSR count). The van der Waals surface area contributed by atoms with Crippen molar-refractivity contribution < 1.29 is 19.1 Å². The number of aromatic nitrogens is 3. The fraction of sp³-hybridized carbons (Fsp3) is 0.500. The number of ketones is 1. The number of carbonyl (C=O) groups excluding carboxylic acids is 3. The number of aromatic amines is 1. The number of fused-ring (bicyclic) bond motifs is 1. The summed E-state index contributed by atoms with van der Waals surface area (Å²) in [7, 11) is 0. The highest BCUT2D eigenvalue weighted by Gasteiger charge is 2.53. The fourth-order valence-corrected chi connectivity index (χ4v) is 4.38. The first-order chi connectivity index (χ1) is 11.3. The first-order valence-electron chi connectivity index (χ1n) is 7.21. The second-order valence-corrected chi connectivity index (χ2v) is 8.24. The number of thioether (sulfide) groups is 2. The normalized spacial score (nSPS) is 20.8. The predicted molar refractivity (Wildman–Crippen MR) is 88.1 cm³/mol.